The fourth-order valence-electron chi connectivity index (χ4n) is 3.27. The third-order valence-electron chi connectivity index (χ3n) is 4.50. The lowest BCUT2D eigenvalue weighted by Gasteiger charge is -2.16. The second-order valence-corrected chi connectivity index (χ2v) is 6.16. The SMILES string of the molecule is COc1ccc(CC2CCN(CCCn3ccnc3)C2)cc1. The van der Waals surface area contributed by atoms with E-state index in [1.165, 1.54) is 44.5 Å². The minimum Gasteiger partial charge on any atom is -0.497 e. The molecule has 1 unspecified atom stereocenters. The molecule has 22 heavy (non-hydrogen) atoms. The molecular formula is C18H25N3O. The lowest BCUT2D eigenvalue weighted by Crippen LogP contribution is -2.23. The van der Waals surface area contributed by atoms with Crippen molar-refractivity contribution in [3.05, 3.63) is 48.5 Å². The van der Waals surface area contributed by atoms with Gasteiger partial charge in [0.25, 0.3) is 0 Å². The van der Waals surface area contributed by atoms with Crippen LogP contribution in [0.3, 0.4) is 0 Å². The Kier molecular flexibility index (Phi) is 5.11. The fourth-order valence-corrected chi connectivity index (χ4v) is 3.27. The predicted octanol–water partition coefficient (Wildman–Crippen LogP) is 2.85. The summed E-state index contributed by atoms with van der Waals surface area (Å²) in [5.74, 6) is 1.73. The summed E-state index contributed by atoms with van der Waals surface area (Å²) in [6.07, 6.45) is 9.48. The van der Waals surface area contributed by atoms with Crippen molar-refractivity contribution in [3.8, 4) is 5.75 Å². The van der Waals surface area contributed by atoms with Crippen molar-refractivity contribution in [2.75, 3.05) is 26.7 Å². The molecule has 1 fully saturated rings. The van der Waals surface area contributed by atoms with Gasteiger partial charge in [-0.3, -0.25) is 0 Å². The van der Waals surface area contributed by atoms with Gasteiger partial charge in [-0.05, 0) is 56.0 Å². The van der Waals surface area contributed by atoms with Gasteiger partial charge < -0.3 is 14.2 Å². The largest absolute Gasteiger partial charge is 0.497 e. The predicted molar refractivity (Wildman–Crippen MR) is 88.1 cm³/mol. The average molecular weight is 299 g/mol. The Morgan fingerprint density at radius 2 is 2.09 bits per heavy atom. The van der Waals surface area contributed by atoms with Crippen molar-refractivity contribution in [2.24, 2.45) is 5.92 Å². The second kappa shape index (κ2) is 7.45. The van der Waals surface area contributed by atoms with Crippen LogP contribution in [-0.4, -0.2) is 41.2 Å². The van der Waals surface area contributed by atoms with Gasteiger partial charge in [0.1, 0.15) is 5.75 Å². The van der Waals surface area contributed by atoms with Gasteiger partial charge in [0.05, 0.1) is 13.4 Å². The van der Waals surface area contributed by atoms with Crippen molar-refractivity contribution in [1.82, 2.24) is 14.5 Å². The van der Waals surface area contributed by atoms with Crippen LogP contribution < -0.4 is 4.74 Å². The molecule has 2 heterocycles. The maximum absolute atomic E-state index is 5.22. The smallest absolute Gasteiger partial charge is 0.118 e. The molecule has 1 aromatic carbocycles. The molecule has 1 aliphatic heterocycles. The van der Waals surface area contributed by atoms with Crippen molar-refractivity contribution < 1.29 is 4.74 Å². The highest BCUT2D eigenvalue weighted by molar-refractivity contribution is 5.27. The summed E-state index contributed by atoms with van der Waals surface area (Å²) in [4.78, 5) is 6.69. The van der Waals surface area contributed by atoms with Crippen LogP contribution in [0, 0.1) is 5.92 Å². The van der Waals surface area contributed by atoms with E-state index in [4.69, 9.17) is 4.74 Å². The number of ether oxygens (including phenoxy) is 1. The molecule has 1 atom stereocenters. The van der Waals surface area contributed by atoms with Crippen LogP contribution in [0.15, 0.2) is 43.0 Å². The van der Waals surface area contributed by atoms with E-state index in [1.807, 2.05) is 18.7 Å². The fraction of sp³-hybridized carbons (Fsp3) is 0.500. The van der Waals surface area contributed by atoms with E-state index >= 15 is 0 Å². The Morgan fingerprint density at radius 3 is 2.82 bits per heavy atom. The molecule has 4 nitrogen and oxygen atoms in total. The van der Waals surface area contributed by atoms with E-state index in [0.29, 0.717) is 0 Å². The van der Waals surface area contributed by atoms with Crippen LogP contribution in [0.4, 0.5) is 0 Å². The zero-order valence-electron chi connectivity index (χ0n) is 13.3. The lowest BCUT2D eigenvalue weighted by molar-refractivity contribution is 0.312. The van der Waals surface area contributed by atoms with Crippen LogP contribution in [0.5, 0.6) is 5.75 Å². The van der Waals surface area contributed by atoms with E-state index in [2.05, 4.69) is 38.7 Å². The molecule has 0 bridgehead atoms. The molecular weight excluding hydrogens is 274 g/mol. The van der Waals surface area contributed by atoms with Crippen LogP contribution >= 0.6 is 0 Å². The Bertz CT molecular complexity index is 550. The number of nitrogens with zero attached hydrogens (tertiary/aromatic N) is 3. The van der Waals surface area contributed by atoms with Gasteiger partial charge in [-0.2, -0.15) is 0 Å². The van der Waals surface area contributed by atoms with E-state index in [0.717, 1.165) is 18.2 Å². The second-order valence-electron chi connectivity index (χ2n) is 6.16. The monoisotopic (exact) mass is 299 g/mol. The highest BCUT2D eigenvalue weighted by Gasteiger charge is 2.22. The summed E-state index contributed by atoms with van der Waals surface area (Å²) < 4.78 is 7.37. The minimum absolute atomic E-state index is 0.793. The highest BCUT2D eigenvalue weighted by Crippen LogP contribution is 2.22. The highest BCUT2D eigenvalue weighted by atomic mass is 16.5. The zero-order chi connectivity index (χ0) is 15.2. The van der Waals surface area contributed by atoms with E-state index in [9.17, 15) is 0 Å². The number of likely N-dealkylation sites (tertiary alicyclic amines) is 1. The Morgan fingerprint density at radius 1 is 1.23 bits per heavy atom. The molecule has 2 aromatic rings. The molecule has 1 aromatic heterocycles. The molecule has 0 spiro atoms. The Labute approximate surface area is 132 Å². The van der Waals surface area contributed by atoms with Gasteiger partial charge in [-0.25, -0.2) is 4.98 Å². The molecule has 0 amide bonds. The van der Waals surface area contributed by atoms with Gasteiger partial charge in [0.15, 0.2) is 0 Å². The average Bonchev–Trinajstić information content (AvgIpc) is 3.20. The number of benzene rings is 1. The summed E-state index contributed by atoms with van der Waals surface area (Å²) in [5, 5.41) is 0. The van der Waals surface area contributed by atoms with E-state index in [1.54, 1.807) is 7.11 Å². The van der Waals surface area contributed by atoms with Gasteiger partial charge in [-0.1, -0.05) is 12.1 Å². The summed E-state index contributed by atoms with van der Waals surface area (Å²) in [6.45, 7) is 4.73. The van der Waals surface area contributed by atoms with Crippen LogP contribution in [0.2, 0.25) is 0 Å². The first-order valence-corrected chi connectivity index (χ1v) is 8.14. The number of aryl methyl sites for hydroxylation is 1. The molecule has 1 aliphatic rings. The topological polar surface area (TPSA) is 30.3 Å². The Hall–Kier alpha value is -1.81. The molecule has 0 radical (unpaired) electrons. The molecule has 0 saturated carbocycles. The number of imidazole rings is 1. The third kappa shape index (κ3) is 4.10. The Balaban J connectivity index is 1.39. The first kappa shape index (κ1) is 15.1. The summed E-state index contributed by atoms with van der Waals surface area (Å²) in [7, 11) is 1.72. The lowest BCUT2D eigenvalue weighted by atomic mass is 9.99. The molecule has 1 saturated heterocycles. The molecule has 0 N–H and O–H groups in total. The van der Waals surface area contributed by atoms with Gasteiger partial charge >= 0.3 is 0 Å². The quantitative estimate of drug-likeness (QED) is 0.787. The zero-order valence-corrected chi connectivity index (χ0v) is 13.3. The first-order valence-electron chi connectivity index (χ1n) is 8.14. The minimum atomic E-state index is 0.793. The van der Waals surface area contributed by atoms with E-state index < -0.39 is 0 Å². The number of rotatable bonds is 7. The number of hydrogen-bond acceptors (Lipinski definition) is 3. The van der Waals surface area contributed by atoms with Crippen molar-refractivity contribution in [1.29, 1.82) is 0 Å². The molecule has 118 valence electrons. The standard InChI is InChI=1S/C18H25N3O/c1-22-18-5-3-16(4-6-18)13-17-7-11-20(14-17)9-2-10-21-12-8-19-15-21/h3-6,8,12,15,17H,2,7,9-11,13-14H2,1H3. The number of hydrogen-bond donors (Lipinski definition) is 0. The molecule has 4 heteroatoms. The summed E-state index contributed by atoms with van der Waals surface area (Å²) >= 11 is 0. The maximum Gasteiger partial charge on any atom is 0.118 e. The normalized spacial score (nSPS) is 18.7. The molecule has 3 rings (SSSR count). The van der Waals surface area contributed by atoms with Crippen molar-refractivity contribution in [3.63, 3.8) is 0 Å². The molecule has 0 aliphatic carbocycles. The number of methoxy groups -OCH3 is 1. The van der Waals surface area contributed by atoms with Crippen LogP contribution in [0.1, 0.15) is 18.4 Å². The van der Waals surface area contributed by atoms with Crippen molar-refractivity contribution >= 4 is 0 Å². The summed E-state index contributed by atoms with van der Waals surface area (Å²) in [5.41, 5.74) is 1.42. The van der Waals surface area contributed by atoms with Crippen molar-refractivity contribution in [2.45, 2.75) is 25.8 Å². The van der Waals surface area contributed by atoms with Crippen LogP contribution in [-0.2, 0) is 13.0 Å². The van der Waals surface area contributed by atoms with Gasteiger partial charge in [0.2, 0.25) is 0 Å². The third-order valence-corrected chi connectivity index (χ3v) is 4.50. The first-order chi connectivity index (χ1) is 10.8. The summed E-state index contributed by atoms with van der Waals surface area (Å²) in [6, 6.07) is 8.52. The van der Waals surface area contributed by atoms with Gasteiger partial charge in [0, 0.05) is 25.5 Å². The van der Waals surface area contributed by atoms with Crippen LogP contribution in [0.25, 0.3) is 0 Å². The van der Waals surface area contributed by atoms with Gasteiger partial charge in [-0.15, -0.1) is 0 Å². The maximum atomic E-state index is 5.22. The van der Waals surface area contributed by atoms with E-state index in [-0.39, 0.29) is 0 Å². The number of aromatic nitrogens is 2.